The summed E-state index contributed by atoms with van der Waals surface area (Å²) in [5.41, 5.74) is 0. The zero-order valence-corrected chi connectivity index (χ0v) is 11.3. The number of rotatable bonds is 6. The molecule has 1 saturated carbocycles. The first-order chi connectivity index (χ1) is 7.59. The first kappa shape index (κ1) is 14.1. The van der Waals surface area contributed by atoms with Gasteiger partial charge in [0.2, 0.25) is 0 Å². The summed E-state index contributed by atoms with van der Waals surface area (Å²) in [5.74, 6) is 0.435. The Bertz CT molecular complexity index is 215. The van der Waals surface area contributed by atoms with Crippen LogP contribution in [0.4, 0.5) is 0 Å². The number of hydrogen-bond acceptors (Lipinski definition) is 3. The normalized spacial score (nSPS) is 22.2. The van der Waals surface area contributed by atoms with Crippen molar-refractivity contribution in [3.63, 3.8) is 0 Å². The minimum atomic E-state index is -0.841. The molecule has 0 aromatic carbocycles. The summed E-state index contributed by atoms with van der Waals surface area (Å²) in [7, 11) is -0.841. The maximum absolute atomic E-state index is 12.0. The lowest BCUT2D eigenvalue weighted by atomic mass is 10.0. The number of hydrogen-bond donors (Lipinski definition) is 2. The van der Waals surface area contributed by atoms with E-state index in [4.69, 9.17) is 0 Å². The predicted molar refractivity (Wildman–Crippen MR) is 69.0 cm³/mol. The van der Waals surface area contributed by atoms with Crippen LogP contribution in [0, 0.1) is 0 Å². The van der Waals surface area contributed by atoms with E-state index in [-0.39, 0.29) is 0 Å². The van der Waals surface area contributed by atoms with Gasteiger partial charge in [-0.15, -0.1) is 0 Å². The monoisotopic (exact) mass is 247 g/mol. The molecule has 3 nitrogen and oxygen atoms in total. The molecule has 1 aliphatic rings. The lowest BCUT2D eigenvalue weighted by Gasteiger charge is -2.22. The van der Waals surface area contributed by atoms with Gasteiger partial charge >= 0.3 is 0 Å². The summed E-state index contributed by atoms with van der Waals surface area (Å²) >= 11 is 0. The number of nitrogens with one attached hydrogen (secondary N) is 1. The minimum absolute atomic E-state index is 0.336. The van der Waals surface area contributed by atoms with Crippen LogP contribution in [-0.2, 0) is 10.8 Å². The summed E-state index contributed by atoms with van der Waals surface area (Å²) in [4.78, 5) is 0. The van der Waals surface area contributed by atoms with Gasteiger partial charge in [-0.05, 0) is 12.8 Å². The van der Waals surface area contributed by atoms with Crippen LogP contribution >= 0.6 is 0 Å². The minimum Gasteiger partial charge on any atom is -0.391 e. The zero-order valence-electron chi connectivity index (χ0n) is 10.4. The van der Waals surface area contributed by atoms with Gasteiger partial charge in [0.05, 0.1) is 11.9 Å². The Hall–Kier alpha value is 0.0700. The van der Waals surface area contributed by atoms with Crippen molar-refractivity contribution >= 4 is 10.8 Å². The molecular weight excluding hydrogens is 222 g/mol. The van der Waals surface area contributed by atoms with Crippen LogP contribution in [0.5, 0.6) is 0 Å². The second-order valence-corrected chi connectivity index (χ2v) is 6.79. The zero-order chi connectivity index (χ0) is 12.0. The van der Waals surface area contributed by atoms with E-state index in [1.54, 1.807) is 0 Å². The predicted octanol–water partition coefficient (Wildman–Crippen LogP) is 1.43. The maximum atomic E-state index is 12.0. The Kier molecular flexibility index (Phi) is 6.54. The molecule has 1 rings (SSSR count). The summed E-state index contributed by atoms with van der Waals surface area (Å²) in [6.07, 6.45) is 5.39. The molecule has 4 heteroatoms. The highest BCUT2D eigenvalue weighted by atomic mass is 32.2. The van der Waals surface area contributed by atoms with Crippen molar-refractivity contribution in [1.29, 1.82) is 0 Å². The molecule has 0 amide bonds. The van der Waals surface area contributed by atoms with Gasteiger partial charge in [0.1, 0.15) is 0 Å². The smallest absolute Gasteiger partial charge is 0.0779 e. The third-order valence-electron chi connectivity index (χ3n) is 3.04. The fourth-order valence-electron chi connectivity index (χ4n) is 2.08. The van der Waals surface area contributed by atoms with Gasteiger partial charge < -0.3 is 10.4 Å². The standard InChI is InChI=1S/C12H25NO2S/c1-10(2)13-8-11(14)9-16(15)12-6-4-3-5-7-12/h10-14H,3-9H2,1-2H3. The van der Waals surface area contributed by atoms with Crippen LogP contribution in [0.3, 0.4) is 0 Å². The van der Waals surface area contributed by atoms with E-state index in [0.717, 1.165) is 12.8 Å². The molecular formula is C12H25NO2S. The molecule has 0 aromatic heterocycles. The Morgan fingerprint density at radius 3 is 2.50 bits per heavy atom. The van der Waals surface area contributed by atoms with E-state index in [0.29, 0.717) is 23.6 Å². The topological polar surface area (TPSA) is 49.3 Å². The highest BCUT2D eigenvalue weighted by Gasteiger charge is 2.21. The molecule has 0 spiro atoms. The van der Waals surface area contributed by atoms with Crippen molar-refractivity contribution in [2.24, 2.45) is 0 Å². The molecule has 0 radical (unpaired) electrons. The third kappa shape index (κ3) is 5.41. The fraction of sp³-hybridized carbons (Fsp3) is 1.00. The Labute approximate surface area is 101 Å². The molecule has 0 heterocycles. The van der Waals surface area contributed by atoms with E-state index in [2.05, 4.69) is 5.32 Å². The molecule has 0 aliphatic heterocycles. The van der Waals surface area contributed by atoms with Crippen LogP contribution < -0.4 is 5.32 Å². The summed E-state index contributed by atoms with van der Waals surface area (Å²) < 4.78 is 12.0. The molecule has 2 atom stereocenters. The van der Waals surface area contributed by atoms with Gasteiger partial charge in [0.15, 0.2) is 0 Å². The molecule has 0 saturated heterocycles. The van der Waals surface area contributed by atoms with Gasteiger partial charge in [-0.2, -0.15) is 0 Å². The second-order valence-electron chi connectivity index (χ2n) is 5.02. The quantitative estimate of drug-likeness (QED) is 0.746. The summed E-state index contributed by atoms with van der Waals surface area (Å²) in [6, 6.07) is 0.373. The van der Waals surface area contributed by atoms with Gasteiger partial charge in [0, 0.05) is 28.6 Å². The van der Waals surface area contributed by atoms with E-state index < -0.39 is 16.9 Å². The van der Waals surface area contributed by atoms with Crippen molar-refractivity contribution in [2.45, 2.75) is 63.3 Å². The van der Waals surface area contributed by atoms with Crippen LogP contribution in [0.15, 0.2) is 0 Å². The molecule has 1 aliphatic carbocycles. The van der Waals surface area contributed by atoms with Gasteiger partial charge in [0.25, 0.3) is 0 Å². The lowest BCUT2D eigenvalue weighted by Crippen LogP contribution is -2.36. The molecule has 0 aromatic rings. The average molecular weight is 247 g/mol. The maximum Gasteiger partial charge on any atom is 0.0779 e. The van der Waals surface area contributed by atoms with Crippen LogP contribution in [0.25, 0.3) is 0 Å². The van der Waals surface area contributed by atoms with Crippen molar-refractivity contribution < 1.29 is 9.32 Å². The second kappa shape index (κ2) is 7.41. The van der Waals surface area contributed by atoms with Crippen molar-refractivity contribution in [2.75, 3.05) is 12.3 Å². The van der Waals surface area contributed by atoms with E-state index >= 15 is 0 Å². The molecule has 0 bridgehead atoms. The van der Waals surface area contributed by atoms with E-state index in [1.807, 2.05) is 13.8 Å². The fourth-order valence-corrected chi connectivity index (χ4v) is 3.71. The molecule has 1 fully saturated rings. The summed E-state index contributed by atoms with van der Waals surface area (Å²) in [5, 5.41) is 13.2. The van der Waals surface area contributed by atoms with Gasteiger partial charge in [-0.25, -0.2) is 0 Å². The Morgan fingerprint density at radius 2 is 1.94 bits per heavy atom. The Morgan fingerprint density at radius 1 is 1.31 bits per heavy atom. The first-order valence-electron chi connectivity index (χ1n) is 6.38. The molecule has 2 N–H and O–H groups in total. The highest BCUT2D eigenvalue weighted by Crippen LogP contribution is 2.22. The van der Waals surface area contributed by atoms with E-state index in [1.165, 1.54) is 19.3 Å². The lowest BCUT2D eigenvalue weighted by molar-refractivity contribution is 0.191. The Balaban J connectivity index is 2.21. The van der Waals surface area contributed by atoms with Crippen LogP contribution in [0.1, 0.15) is 46.0 Å². The SMILES string of the molecule is CC(C)NCC(O)CS(=O)C1CCCCC1. The highest BCUT2D eigenvalue weighted by molar-refractivity contribution is 7.85. The first-order valence-corrected chi connectivity index (χ1v) is 7.76. The van der Waals surface area contributed by atoms with E-state index in [9.17, 15) is 9.32 Å². The third-order valence-corrected chi connectivity index (χ3v) is 4.97. The number of aliphatic hydroxyl groups is 1. The van der Waals surface area contributed by atoms with Crippen molar-refractivity contribution in [3.8, 4) is 0 Å². The average Bonchev–Trinajstić information content (AvgIpc) is 2.27. The summed E-state index contributed by atoms with van der Waals surface area (Å²) in [6.45, 7) is 4.64. The van der Waals surface area contributed by atoms with Crippen LogP contribution in [-0.4, -0.2) is 39.0 Å². The molecule has 96 valence electrons. The van der Waals surface area contributed by atoms with Crippen molar-refractivity contribution in [3.05, 3.63) is 0 Å². The van der Waals surface area contributed by atoms with Crippen LogP contribution in [0.2, 0.25) is 0 Å². The molecule has 2 unspecified atom stereocenters. The number of aliphatic hydroxyl groups excluding tert-OH is 1. The van der Waals surface area contributed by atoms with Crippen molar-refractivity contribution in [1.82, 2.24) is 5.32 Å². The van der Waals surface area contributed by atoms with Gasteiger partial charge in [-0.3, -0.25) is 4.21 Å². The van der Waals surface area contributed by atoms with Gasteiger partial charge in [-0.1, -0.05) is 33.1 Å². The largest absolute Gasteiger partial charge is 0.391 e. The molecule has 16 heavy (non-hydrogen) atoms.